The first-order valence-electron chi connectivity index (χ1n) is 20.4. The standard InChI is InChI=1S/C49H40Cl8N2O7/c50-37-27-33(61-23-15-45(54)55)28-38(51)48(37)65-21-7-5-19-63-43-13-11-31(41-9-1-3-17-58-41)25-35(43)47(60)36-26-32(42-10-2-4-18-59-42)12-14-44(36)64-20-6-8-22-66-49-39(52)29-34(30-40(49)53)62-24-16-46(56)57/h1-4,9-18,25-30H,5-8,19-24H2. The van der Waals surface area contributed by atoms with Crippen LogP contribution in [-0.4, -0.2) is 55.4 Å². The molecule has 6 rings (SSSR count). The molecule has 2 heterocycles. The van der Waals surface area contributed by atoms with Crippen LogP contribution in [-0.2, 0) is 0 Å². The molecule has 0 spiro atoms. The van der Waals surface area contributed by atoms with E-state index in [-0.39, 0.29) is 41.2 Å². The van der Waals surface area contributed by atoms with Gasteiger partial charge in [0.1, 0.15) is 45.2 Å². The molecule has 0 aliphatic heterocycles. The Kier molecular flexibility index (Phi) is 20.1. The Labute approximate surface area is 423 Å². The van der Waals surface area contributed by atoms with E-state index in [1.807, 2.05) is 48.5 Å². The lowest BCUT2D eigenvalue weighted by molar-refractivity contribution is 0.103. The maximum Gasteiger partial charge on any atom is 0.200 e. The molecule has 0 N–H and O–H groups in total. The Bertz CT molecular complexity index is 2400. The Morgan fingerprint density at radius 3 is 1.20 bits per heavy atom. The third kappa shape index (κ3) is 15.2. The predicted molar refractivity (Wildman–Crippen MR) is 267 cm³/mol. The molecular weight excluding hydrogens is 1010 g/mol. The number of nitrogens with zero attached hydrogens (tertiary/aromatic N) is 2. The van der Waals surface area contributed by atoms with Gasteiger partial charge in [0.2, 0.25) is 5.78 Å². The first kappa shape index (κ1) is 50.9. The molecule has 0 unspecified atom stereocenters. The number of carbonyl (C=O) groups excluding carboxylic acids is 1. The average molecular weight is 1050 g/mol. The predicted octanol–water partition coefficient (Wildman–Crippen LogP) is 15.5. The molecule has 66 heavy (non-hydrogen) atoms. The molecular formula is C49H40Cl8N2O7. The summed E-state index contributed by atoms with van der Waals surface area (Å²) in [7, 11) is 0. The Balaban J connectivity index is 1.13. The number of ether oxygens (including phenoxy) is 6. The third-order valence-electron chi connectivity index (χ3n) is 9.37. The van der Waals surface area contributed by atoms with Crippen molar-refractivity contribution in [2.24, 2.45) is 0 Å². The summed E-state index contributed by atoms with van der Waals surface area (Å²) in [5.41, 5.74) is 3.54. The summed E-state index contributed by atoms with van der Waals surface area (Å²) in [4.78, 5) is 23.9. The highest BCUT2D eigenvalue weighted by Gasteiger charge is 2.22. The number of carbonyl (C=O) groups is 1. The number of unbranched alkanes of at least 4 members (excludes halogenated alkanes) is 2. The van der Waals surface area contributed by atoms with Crippen molar-refractivity contribution < 1.29 is 33.2 Å². The molecule has 17 heteroatoms. The van der Waals surface area contributed by atoms with Crippen LogP contribution >= 0.6 is 92.8 Å². The normalized spacial score (nSPS) is 10.8. The van der Waals surface area contributed by atoms with Crippen LogP contribution < -0.4 is 28.4 Å². The molecule has 0 amide bonds. The SMILES string of the molecule is O=C(c1cc(-c2ccccn2)ccc1OCCCCOc1c(Cl)cc(OCC=C(Cl)Cl)cc1Cl)c1cc(-c2ccccn2)ccc1OCCCCOc1c(Cl)cc(OCC=C(Cl)Cl)cc1Cl. The van der Waals surface area contributed by atoms with Gasteiger partial charge < -0.3 is 28.4 Å². The van der Waals surface area contributed by atoms with E-state index in [2.05, 4.69) is 9.97 Å². The smallest absolute Gasteiger partial charge is 0.200 e. The topological polar surface area (TPSA) is 98.2 Å². The van der Waals surface area contributed by atoms with E-state index < -0.39 is 0 Å². The summed E-state index contributed by atoms with van der Waals surface area (Å²) < 4.78 is 35.8. The summed E-state index contributed by atoms with van der Waals surface area (Å²) in [6.45, 7) is 1.47. The number of pyridine rings is 2. The van der Waals surface area contributed by atoms with Crippen LogP contribution in [0.15, 0.2) is 131 Å². The van der Waals surface area contributed by atoms with E-state index in [0.717, 1.165) is 11.1 Å². The second kappa shape index (κ2) is 26.1. The first-order chi connectivity index (χ1) is 32.0. The van der Waals surface area contributed by atoms with Gasteiger partial charge in [-0.25, -0.2) is 0 Å². The van der Waals surface area contributed by atoms with Crippen LogP contribution in [0.5, 0.6) is 34.5 Å². The fourth-order valence-electron chi connectivity index (χ4n) is 6.24. The van der Waals surface area contributed by atoms with E-state index in [1.54, 1.807) is 60.9 Å². The fourth-order valence-corrected chi connectivity index (χ4v) is 7.64. The number of hydrogen-bond donors (Lipinski definition) is 0. The Morgan fingerprint density at radius 1 is 0.470 bits per heavy atom. The molecule has 0 aliphatic rings. The highest BCUT2D eigenvalue weighted by molar-refractivity contribution is 6.56. The second-order valence-corrected chi connectivity index (χ2v) is 17.7. The van der Waals surface area contributed by atoms with Gasteiger partial charge in [0, 0.05) is 47.8 Å². The molecule has 2 aromatic heterocycles. The van der Waals surface area contributed by atoms with E-state index in [0.29, 0.717) is 116 Å². The van der Waals surface area contributed by atoms with Crippen molar-refractivity contribution >= 4 is 98.6 Å². The fraction of sp³-hybridized carbons (Fsp3) is 0.204. The molecule has 0 saturated carbocycles. The Hall–Kier alpha value is -4.55. The van der Waals surface area contributed by atoms with E-state index in [4.69, 9.17) is 121 Å². The van der Waals surface area contributed by atoms with Gasteiger partial charge in [-0.15, -0.1) is 0 Å². The molecule has 0 aliphatic carbocycles. The minimum atomic E-state index is -0.306. The van der Waals surface area contributed by atoms with E-state index >= 15 is 0 Å². The monoisotopic (exact) mass is 1050 g/mol. The van der Waals surface area contributed by atoms with Crippen molar-refractivity contribution in [3.63, 3.8) is 0 Å². The van der Waals surface area contributed by atoms with Gasteiger partial charge in [-0.2, -0.15) is 0 Å². The lowest BCUT2D eigenvalue weighted by atomic mass is 9.96. The highest BCUT2D eigenvalue weighted by Crippen LogP contribution is 2.39. The number of rotatable bonds is 24. The molecule has 0 radical (unpaired) electrons. The summed E-state index contributed by atoms with van der Waals surface area (Å²) in [6, 6.07) is 28.5. The molecule has 0 bridgehead atoms. The zero-order valence-corrected chi connectivity index (χ0v) is 40.9. The summed E-state index contributed by atoms with van der Waals surface area (Å²) in [6.07, 6.45) is 8.76. The lowest BCUT2D eigenvalue weighted by Gasteiger charge is -2.16. The summed E-state index contributed by atoms with van der Waals surface area (Å²) in [5.74, 6) is 2.03. The van der Waals surface area contributed by atoms with Crippen LogP contribution in [0.25, 0.3) is 22.5 Å². The number of benzene rings is 4. The molecule has 6 aromatic rings. The second-order valence-electron chi connectivity index (χ2n) is 14.0. The van der Waals surface area contributed by atoms with Gasteiger partial charge in [0.05, 0.1) is 69.0 Å². The number of hydrogen-bond acceptors (Lipinski definition) is 9. The molecule has 4 aromatic carbocycles. The third-order valence-corrected chi connectivity index (χ3v) is 11.1. The first-order valence-corrected chi connectivity index (χ1v) is 23.4. The lowest BCUT2D eigenvalue weighted by Crippen LogP contribution is -2.11. The zero-order valence-electron chi connectivity index (χ0n) is 34.9. The van der Waals surface area contributed by atoms with Gasteiger partial charge in [-0.05, 0) is 98.5 Å². The number of aromatic nitrogens is 2. The Morgan fingerprint density at radius 2 is 0.848 bits per heavy atom. The van der Waals surface area contributed by atoms with Crippen molar-refractivity contribution in [1.82, 2.24) is 9.97 Å². The van der Waals surface area contributed by atoms with E-state index in [1.165, 1.54) is 12.2 Å². The van der Waals surface area contributed by atoms with Crippen LogP contribution in [0.1, 0.15) is 41.6 Å². The highest BCUT2D eigenvalue weighted by atomic mass is 35.5. The van der Waals surface area contributed by atoms with Gasteiger partial charge >= 0.3 is 0 Å². The number of ketones is 1. The summed E-state index contributed by atoms with van der Waals surface area (Å²) >= 11 is 48.4. The molecule has 0 atom stereocenters. The van der Waals surface area contributed by atoms with Gasteiger partial charge in [0.25, 0.3) is 0 Å². The van der Waals surface area contributed by atoms with Crippen LogP contribution in [0.3, 0.4) is 0 Å². The molecule has 344 valence electrons. The largest absolute Gasteiger partial charge is 0.493 e. The maximum atomic E-state index is 14.9. The van der Waals surface area contributed by atoms with Crippen LogP contribution in [0, 0.1) is 0 Å². The van der Waals surface area contributed by atoms with Crippen molar-refractivity contribution in [2.75, 3.05) is 39.6 Å². The molecule has 0 fully saturated rings. The molecule has 0 saturated heterocycles. The van der Waals surface area contributed by atoms with Crippen molar-refractivity contribution in [3.05, 3.63) is 162 Å². The van der Waals surface area contributed by atoms with Crippen molar-refractivity contribution in [1.29, 1.82) is 0 Å². The minimum Gasteiger partial charge on any atom is -0.493 e. The average Bonchev–Trinajstić information content (AvgIpc) is 3.30. The number of halogens is 8. The van der Waals surface area contributed by atoms with Gasteiger partial charge in [-0.3, -0.25) is 14.8 Å². The zero-order chi connectivity index (χ0) is 46.8. The van der Waals surface area contributed by atoms with Gasteiger partial charge in [0.15, 0.2) is 11.5 Å². The van der Waals surface area contributed by atoms with Crippen molar-refractivity contribution in [2.45, 2.75) is 25.7 Å². The van der Waals surface area contributed by atoms with Crippen molar-refractivity contribution in [3.8, 4) is 57.0 Å². The summed E-state index contributed by atoms with van der Waals surface area (Å²) in [5, 5.41) is 1.16. The quantitative estimate of drug-likeness (QED) is 0.0433. The minimum absolute atomic E-state index is 0.0894. The van der Waals surface area contributed by atoms with Crippen LogP contribution in [0.4, 0.5) is 0 Å². The van der Waals surface area contributed by atoms with Crippen LogP contribution in [0.2, 0.25) is 20.1 Å². The maximum absolute atomic E-state index is 14.9. The van der Waals surface area contributed by atoms with E-state index in [9.17, 15) is 4.79 Å². The molecule has 9 nitrogen and oxygen atoms in total. The van der Waals surface area contributed by atoms with Gasteiger partial charge in [-0.1, -0.05) is 105 Å².